The average Bonchev–Trinajstić information content (AvgIpc) is 3.65. The molecule has 0 spiro atoms. The Morgan fingerprint density at radius 2 is 0.911 bits per heavy atom. The van der Waals surface area contributed by atoms with E-state index in [9.17, 15) is 0 Å². The number of pyridine rings is 2. The molecule has 2 aliphatic carbocycles. The first-order chi connectivity index (χ1) is 22.1. The summed E-state index contributed by atoms with van der Waals surface area (Å²) in [6, 6.07) is 44.3. The van der Waals surface area contributed by atoms with E-state index in [0.29, 0.717) is 7.25 Å². The van der Waals surface area contributed by atoms with E-state index in [1.54, 1.807) is 0 Å². The second-order valence-corrected chi connectivity index (χ2v) is 15.7. The normalized spacial score (nSPS) is 16.5. The van der Waals surface area contributed by atoms with Crippen molar-refractivity contribution < 1.29 is 23.2 Å². The van der Waals surface area contributed by atoms with Gasteiger partial charge >= 0.3 is 278 Å². The van der Waals surface area contributed by atoms with Crippen LogP contribution in [0.3, 0.4) is 0 Å². The van der Waals surface area contributed by atoms with Crippen molar-refractivity contribution in [3.05, 3.63) is 178 Å². The summed E-state index contributed by atoms with van der Waals surface area (Å²) in [7, 11) is 0. The van der Waals surface area contributed by atoms with Crippen molar-refractivity contribution in [3.8, 4) is 22.3 Å². The van der Waals surface area contributed by atoms with Crippen LogP contribution in [0.1, 0.15) is 52.0 Å². The van der Waals surface area contributed by atoms with Gasteiger partial charge in [-0.1, -0.05) is 0 Å². The molecule has 0 bridgehead atoms. The quantitative estimate of drug-likeness (QED) is 0.178. The molecule has 2 heterocycles. The molecule has 214 valence electrons. The number of nitrogens with zero attached hydrogens (tertiary/aromatic N) is 2. The molecule has 8 rings (SSSR count). The minimum atomic E-state index is -1.26. The third-order valence-electron chi connectivity index (χ3n) is 9.10. The van der Waals surface area contributed by atoms with Crippen LogP contribution in [0.15, 0.2) is 134 Å². The molecule has 3 heteroatoms. The van der Waals surface area contributed by atoms with Crippen LogP contribution in [-0.4, -0.2) is 9.97 Å². The van der Waals surface area contributed by atoms with Gasteiger partial charge in [-0.2, -0.15) is 0 Å². The maximum absolute atomic E-state index is 4.90. The monoisotopic (exact) mass is 654 g/mol. The predicted molar refractivity (Wildman–Crippen MR) is 183 cm³/mol. The van der Waals surface area contributed by atoms with E-state index in [-0.39, 0.29) is 0 Å². The zero-order valence-corrected chi connectivity index (χ0v) is 27.9. The number of hydrogen-bond donors (Lipinski definition) is 0. The van der Waals surface area contributed by atoms with Crippen LogP contribution in [0.4, 0.5) is 0 Å². The van der Waals surface area contributed by atoms with E-state index >= 15 is 0 Å². The molecule has 0 saturated heterocycles. The van der Waals surface area contributed by atoms with Crippen molar-refractivity contribution in [1.82, 2.24) is 9.97 Å². The Kier molecular flexibility index (Phi) is 7.36. The Bertz CT molecular complexity index is 1920. The van der Waals surface area contributed by atoms with Gasteiger partial charge in [0.05, 0.1) is 0 Å². The fourth-order valence-corrected chi connectivity index (χ4v) is 11.8. The van der Waals surface area contributed by atoms with Crippen molar-refractivity contribution in [2.24, 2.45) is 0 Å². The van der Waals surface area contributed by atoms with Crippen molar-refractivity contribution in [3.63, 3.8) is 0 Å². The summed E-state index contributed by atoms with van der Waals surface area (Å²) in [5.41, 5.74) is 18.2. The molecule has 2 atom stereocenters. The Hall–Kier alpha value is -4.46. The number of aromatic nitrogens is 2. The van der Waals surface area contributed by atoms with Crippen LogP contribution < -0.4 is 0 Å². The van der Waals surface area contributed by atoms with Gasteiger partial charge in [0.25, 0.3) is 0 Å². The number of allylic oxidation sites excluding steroid dienone is 2. The van der Waals surface area contributed by atoms with Crippen molar-refractivity contribution >= 4 is 23.3 Å². The summed E-state index contributed by atoms with van der Waals surface area (Å²) < 4.78 is 0.713. The van der Waals surface area contributed by atoms with Crippen LogP contribution in [-0.2, 0) is 23.2 Å². The van der Waals surface area contributed by atoms with Crippen molar-refractivity contribution in [2.45, 2.75) is 21.1 Å². The van der Waals surface area contributed by atoms with E-state index in [1.165, 1.54) is 66.8 Å². The third-order valence-corrected chi connectivity index (χ3v) is 13.8. The van der Waals surface area contributed by atoms with Gasteiger partial charge < -0.3 is 0 Å². The molecule has 6 aromatic rings. The van der Waals surface area contributed by atoms with Crippen LogP contribution in [0.5, 0.6) is 0 Å². The summed E-state index contributed by atoms with van der Waals surface area (Å²) >= 11 is -1.26. The van der Waals surface area contributed by atoms with Crippen LogP contribution in [0.2, 0.25) is 0 Å². The first kappa shape index (κ1) is 28.0. The van der Waals surface area contributed by atoms with Gasteiger partial charge in [0.15, 0.2) is 0 Å². The second kappa shape index (κ2) is 11.8. The summed E-state index contributed by atoms with van der Waals surface area (Å²) in [6.45, 7) is 4.30. The first-order valence-electron chi connectivity index (χ1n) is 15.6. The molecule has 0 fully saturated rings. The van der Waals surface area contributed by atoms with Crippen molar-refractivity contribution in [1.29, 1.82) is 0 Å². The van der Waals surface area contributed by atoms with E-state index in [1.807, 2.05) is 24.5 Å². The fraction of sp³-hybridized carbons (Fsp3) is 0.0952. The first-order valence-corrected chi connectivity index (χ1v) is 18.4. The Morgan fingerprint density at radius 3 is 1.31 bits per heavy atom. The van der Waals surface area contributed by atoms with E-state index in [2.05, 4.69) is 135 Å². The molecule has 0 saturated carbocycles. The van der Waals surface area contributed by atoms with Gasteiger partial charge in [-0.15, -0.1) is 0 Å². The van der Waals surface area contributed by atoms with E-state index in [0.717, 1.165) is 11.4 Å². The Labute approximate surface area is 276 Å². The SMILES string of the molecule is Cc1ccc(-c2cccc3c2C=C(c2ccccn2)[CH]3[Zr][CH]2C(c3ccccn3)=Cc3c(-c4ccc(C)cc4)cccc32)cc1. The van der Waals surface area contributed by atoms with Gasteiger partial charge in [-0.3, -0.25) is 0 Å². The van der Waals surface area contributed by atoms with E-state index < -0.39 is 23.2 Å². The molecule has 0 radical (unpaired) electrons. The fourth-order valence-electron chi connectivity index (χ4n) is 6.81. The van der Waals surface area contributed by atoms with Gasteiger partial charge in [-0.25, -0.2) is 0 Å². The molecule has 2 nitrogen and oxygen atoms in total. The number of benzene rings is 4. The van der Waals surface area contributed by atoms with Crippen molar-refractivity contribution in [2.75, 3.05) is 0 Å². The second-order valence-electron chi connectivity index (χ2n) is 12.0. The molecule has 2 aliphatic rings. The van der Waals surface area contributed by atoms with Crippen LogP contribution in [0.25, 0.3) is 45.6 Å². The molecule has 2 unspecified atom stereocenters. The van der Waals surface area contributed by atoms with Gasteiger partial charge in [0.1, 0.15) is 0 Å². The number of rotatable bonds is 6. The Balaban J connectivity index is 1.28. The maximum atomic E-state index is 4.90. The Morgan fingerprint density at radius 1 is 0.467 bits per heavy atom. The minimum absolute atomic E-state index is 0.356. The molecule has 0 N–H and O–H groups in total. The van der Waals surface area contributed by atoms with Gasteiger partial charge in [0.2, 0.25) is 0 Å². The van der Waals surface area contributed by atoms with Crippen LogP contribution in [0, 0.1) is 13.8 Å². The summed E-state index contributed by atoms with van der Waals surface area (Å²) in [5, 5.41) is 0. The zero-order chi connectivity index (χ0) is 30.3. The predicted octanol–water partition coefficient (Wildman–Crippen LogP) is 10.4. The zero-order valence-electron chi connectivity index (χ0n) is 25.4. The third kappa shape index (κ3) is 5.20. The van der Waals surface area contributed by atoms with E-state index in [4.69, 9.17) is 9.97 Å². The number of aryl methyl sites for hydroxylation is 2. The molecule has 45 heavy (non-hydrogen) atoms. The molecule has 0 aliphatic heterocycles. The summed E-state index contributed by atoms with van der Waals surface area (Å²) in [5.74, 6) is 0. The van der Waals surface area contributed by atoms with Gasteiger partial charge in [0, 0.05) is 0 Å². The molecule has 0 amide bonds. The van der Waals surface area contributed by atoms with Crippen LogP contribution >= 0.6 is 0 Å². The molecular formula is C42H32N2Zr. The molecule has 4 aromatic carbocycles. The topological polar surface area (TPSA) is 25.8 Å². The summed E-state index contributed by atoms with van der Waals surface area (Å²) in [4.78, 5) is 9.79. The number of hydrogen-bond acceptors (Lipinski definition) is 2. The number of fused-ring (bicyclic) bond motifs is 2. The standard InChI is InChI=1S/2C21H16N.Zr/c2*1-15-8-10-16(11-9-15)19-6-4-5-17-13-18(14-20(17)19)21-7-2-3-12-22-21;/h2*2-14H,1H3;. The average molecular weight is 656 g/mol. The molecule has 2 aromatic heterocycles. The van der Waals surface area contributed by atoms with Gasteiger partial charge in [-0.05, 0) is 0 Å². The summed E-state index contributed by atoms with van der Waals surface area (Å²) in [6.07, 6.45) is 8.75. The molecular weight excluding hydrogens is 624 g/mol.